The highest BCUT2D eigenvalue weighted by atomic mass is 16.5. The Labute approximate surface area is 129 Å². The summed E-state index contributed by atoms with van der Waals surface area (Å²) in [6, 6.07) is 7.94. The molecule has 3 rings (SSSR count). The monoisotopic (exact) mass is 300 g/mol. The smallest absolute Gasteiger partial charge is 0.260 e. The molecule has 0 atom stereocenters. The molecule has 0 bridgehead atoms. The summed E-state index contributed by atoms with van der Waals surface area (Å²) in [5.41, 5.74) is 3.01. The largest absolute Gasteiger partial charge is 0.369 e. The van der Waals surface area contributed by atoms with Crippen molar-refractivity contribution in [2.75, 3.05) is 43.4 Å². The van der Waals surface area contributed by atoms with Crippen LogP contribution in [0.2, 0.25) is 0 Å². The van der Waals surface area contributed by atoms with Crippen molar-refractivity contribution in [2.45, 2.75) is 6.92 Å². The maximum atomic E-state index is 12.1. The van der Waals surface area contributed by atoms with Crippen LogP contribution < -0.4 is 10.2 Å². The highest BCUT2D eigenvalue weighted by Gasteiger charge is 2.15. The lowest BCUT2D eigenvalue weighted by Gasteiger charge is -2.34. The van der Waals surface area contributed by atoms with Crippen molar-refractivity contribution in [2.24, 2.45) is 0 Å². The molecule has 2 aromatic rings. The zero-order valence-electron chi connectivity index (χ0n) is 12.9. The first-order valence-corrected chi connectivity index (χ1v) is 7.39. The summed E-state index contributed by atoms with van der Waals surface area (Å²) >= 11 is 0. The lowest BCUT2D eigenvalue weighted by atomic mass is 10.2. The third-order valence-corrected chi connectivity index (χ3v) is 3.99. The van der Waals surface area contributed by atoms with Crippen LogP contribution in [0.3, 0.4) is 0 Å². The van der Waals surface area contributed by atoms with E-state index in [0.29, 0.717) is 11.3 Å². The van der Waals surface area contributed by atoms with Crippen molar-refractivity contribution >= 4 is 17.3 Å². The number of piperazine rings is 1. The normalized spacial score (nSPS) is 15.8. The van der Waals surface area contributed by atoms with E-state index in [2.05, 4.69) is 27.3 Å². The summed E-state index contributed by atoms with van der Waals surface area (Å²) in [7, 11) is 2.14. The Hall–Kier alpha value is -2.34. The number of anilines is 2. The second kappa shape index (κ2) is 6.19. The maximum absolute atomic E-state index is 12.1. The fourth-order valence-corrected chi connectivity index (χ4v) is 2.53. The van der Waals surface area contributed by atoms with E-state index >= 15 is 0 Å². The van der Waals surface area contributed by atoms with E-state index in [0.717, 1.165) is 31.9 Å². The van der Waals surface area contributed by atoms with Gasteiger partial charge in [0.1, 0.15) is 11.8 Å². The molecule has 1 aliphatic rings. The number of hydrogen-bond donors (Lipinski definition) is 1. The van der Waals surface area contributed by atoms with Crippen molar-refractivity contribution in [1.82, 2.24) is 10.1 Å². The Morgan fingerprint density at radius 2 is 1.86 bits per heavy atom. The van der Waals surface area contributed by atoms with Crippen LogP contribution in [0.4, 0.5) is 11.4 Å². The Morgan fingerprint density at radius 1 is 1.18 bits per heavy atom. The number of rotatable bonds is 3. The molecule has 6 nitrogen and oxygen atoms in total. The Bertz CT molecular complexity index is 642. The predicted molar refractivity (Wildman–Crippen MR) is 85.3 cm³/mol. The van der Waals surface area contributed by atoms with Gasteiger partial charge in [0.05, 0.1) is 5.69 Å². The van der Waals surface area contributed by atoms with E-state index in [1.807, 2.05) is 24.3 Å². The molecule has 1 aromatic heterocycles. The van der Waals surface area contributed by atoms with Crippen molar-refractivity contribution in [3.63, 3.8) is 0 Å². The first-order chi connectivity index (χ1) is 10.6. The summed E-state index contributed by atoms with van der Waals surface area (Å²) in [6.07, 6.45) is 1.36. The van der Waals surface area contributed by atoms with E-state index in [1.54, 1.807) is 6.92 Å². The van der Waals surface area contributed by atoms with Crippen LogP contribution in [0.1, 0.15) is 16.1 Å². The van der Waals surface area contributed by atoms with Gasteiger partial charge >= 0.3 is 0 Å². The minimum absolute atomic E-state index is 0.203. The van der Waals surface area contributed by atoms with Gasteiger partial charge in [0.25, 0.3) is 5.91 Å². The molecular weight excluding hydrogens is 280 g/mol. The van der Waals surface area contributed by atoms with Gasteiger partial charge in [-0.15, -0.1) is 0 Å². The standard InChI is InChI=1S/C16H20N4O2/c1-12-15(11-22-18-12)16(21)17-13-3-5-14(6-4-13)20-9-7-19(2)8-10-20/h3-6,11H,7-10H2,1-2H3,(H,17,21). The molecule has 0 aliphatic carbocycles. The van der Waals surface area contributed by atoms with Gasteiger partial charge in [-0.3, -0.25) is 4.79 Å². The number of nitrogens with one attached hydrogen (secondary N) is 1. The predicted octanol–water partition coefficient (Wildman–Crippen LogP) is 1.99. The molecule has 0 saturated carbocycles. The molecule has 0 unspecified atom stereocenters. The van der Waals surface area contributed by atoms with Gasteiger partial charge in [0, 0.05) is 37.6 Å². The molecule has 22 heavy (non-hydrogen) atoms. The number of carbonyl (C=O) groups is 1. The quantitative estimate of drug-likeness (QED) is 0.939. The lowest BCUT2D eigenvalue weighted by Crippen LogP contribution is -2.44. The molecule has 1 amide bonds. The topological polar surface area (TPSA) is 61.6 Å². The fraction of sp³-hybridized carbons (Fsp3) is 0.375. The summed E-state index contributed by atoms with van der Waals surface area (Å²) in [6.45, 7) is 5.95. The molecule has 0 radical (unpaired) electrons. The summed E-state index contributed by atoms with van der Waals surface area (Å²) < 4.78 is 4.79. The highest BCUT2D eigenvalue weighted by Crippen LogP contribution is 2.20. The van der Waals surface area contributed by atoms with Gasteiger partial charge in [0.2, 0.25) is 0 Å². The molecule has 1 N–H and O–H groups in total. The molecular formula is C16H20N4O2. The molecule has 6 heteroatoms. The molecule has 2 heterocycles. The van der Waals surface area contributed by atoms with Crippen molar-refractivity contribution in [3.8, 4) is 0 Å². The zero-order chi connectivity index (χ0) is 15.5. The molecule has 1 aromatic carbocycles. The molecule has 1 aliphatic heterocycles. The second-order valence-electron chi connectivity index (χ2n) is 5.60. The first kappa shape index (κ1) is 14.6. The third-order valence-electron chi connectivity index (χ3n) is 3.99. The highest BCUT2D eigenvalue weighted by molar-refractivity contribution is 6.04. The number of likely N-dealkylation sites (N-methyl/N-ethyl adjacent to an activating group) is 1. The summed E-state index contributed by atoms with van der Waals surface area (Å²) in [5.74, 6) is -0.203. The average molecular weight is 300 g/mol. The van der Waals surface area contributed by atoms with Crippen LogP contribution in [-0.4, -0.2) is 49.2 Å². The van der Waals surface area contributed by atoms with Gasteiger partial charge in [-0.2, -0.15) is 0 Å². The fourth-order valence-electron chi connectivity index (χ4n) is 2.53. The van der Waals surface area contributed by atoms with Crippen LogP contribution in [-0.2, 0) is 0 Å². The van der Waals surface area contributed by atoms with Crippen LogP contribution in [0.15, 0.2) is 35.1 Å². The van der Waals surface area contributed by atoms with E-state index in [-0.39, 0.29) is 5.91 Å². The Morgan fingerprint density at radius 3 is 2.45 bits per heavy atom. The first-order valence-electron chi connectivity index (χ1n) is 7.39. The van der Waals surface area contributed by atoms with Crippen molar-refractivity contribution < 1.29 is 9.32 Å². The van der Waals surface area contributed by atoms with Crippen LogP contribution in [0, 0.1) is 6.92 Å². The van der Waals surface area contributed by atoms with Crippen LogP contribution in [0.25, 0.3) is 0 Å². The summed E-state index contributed by atoms with van der Waals surface area (Å²) in [4.78, 5) is 16.8. The second-order valence-corrected chi connectivity index (χ2v) is 5.60. The average Bonchev–Trinajstić information content (AvgIpc) is 2.95. The number of carbonyl (C=O) groups excluding carboxylic acids is 1. The third kappa shape index (κ3) is 3.12. The number of amides is 1. The molecule has 1 fully saturated rings. The SMILES string of the molecule is Cc1nocc1C(=O)Nc1ccc(N2CCN(C)CC2)cc1. The maximum Gasteiger partial charge on any atom is 0.260 e. The Balaban J connectivity index is 1.64. The number of aromatic nitrogens is 1. The Kier molecular flexibility index (Phi) is 4.11. The van der Waals surface area contributed by atoms with E-state index < -0.39 is 0 Å². The van der Waals surface area contributed by atoms with Crippen molar-refractivity contribution in [3.05, 3.63) is 41.8 Å². The lowest BCUT2D eigenvalue weighted by molar-refractivity contribution is 0.102. The number of benzene rings is 1. The van der Waals surface area contributed by atoms with Gasteiger partial charge in [0.15, 0.2) is 0 Å². The van der Waals surface area contributed by atoms with E-state index in [9.17, 15) is 4.79 Å². The van der Waals surface area contributed by atoms with Gasteiger partial charge in [-0.05, 0) is 38.2 Å². The van der Waals surface area contributed by atoms with Gasteiger partial charge in [-0.25, -0.2) is 0 Å². The summed E-state index contributed by atoms with van der Waals surface area (Å²) in [5, 5.41) is 6.57. The number of aryl methyl sites for hydroxylation is 1. The minimum Gasteiger partial charge on any atom is -0.369 e. The van der Waals surface area contributed by atoms with E-state index in [4.69, 9.17) is 4.52 Å². The minimum atomic E-state index is -0.203. The van der Waals surface area contributed by atoms with Gasteiger partial charge in [-0.1, -0.05) is 5.16 Å². The van der Waals surface area contributed by atoms with E-state index in [1.165, 1.54) is 12.0 Å². The zero-order valence-corrected chi connectivity index (χ0v) is 12.9. The van der Waals surface area contributed by atoms with Crippen LogP contribution in [0.5, 0.6) is 0 Å². The molecule has 116 valence electrons. The number of hydrogen-bond acceptors (Lipinski definition) is 5. The van der Waals surface area contributed by atoms with Crippen molar-refractivity contribution in [1.29, 1.82) is 0 Å². The molecule has 1 saturated heterocycles. The van der Waals surface area contributed by atoms with Crippen LogP contribution >= 0.6 is 0 Å². The molecule has 0 spiro atoms. The van der Waals surface area contributed by atoms with Gasteiger partial charge < -0.3 is 19.6 Å². The number of nitrogens with zero attached hydrogens (tertiary/aromatic N) is 3.